The number of amides is 1. The Kier molecular flexibility index (Phi) is 9.65. The van der Waals surface area contributed by atoms with Crippen LogP contribution in [0.25, 0.3) is 16.6 Å². The molecule has 3 aromatic carbocycles. The number of aryl methyl sites for hydroxylation is 2. The predicted molar refractivity (Wildman–Crippen MR) is 163 cm³/mol. The standard InChI is InChI=1S/C33H38N4O4/c1-5-8-9-12-21-35(32(38)25-18-15-23(4)30(22-25)37(40)41)29(7-3)31-34-28-14-11-10-13-27(28)33(39)36(31)26-19-16-24(6-2)17-20-26/h10-11,13-20,22,29H,5-9,12,21H2,1-4H3. The molecule has 0 bridgehead atoms. The molecule has 0 aliphatic rings. The van der Waals surface area contributed by atoms with E-state index in [-0.39, 0.29) is 22.7 Å². The summed E-state index contributed by atoms with van der Waals surface area (Å²) in [7, 11) is 0. The normalized spacial score (nSPS) is 11.9. The number of benzene rings is 3. The van der Waals surface area contributed by atoms with Gasteiger partial charge in [-0.25, -0.2) is 4.98 Å². The molecule has 0 radical (unpaired) electrons. The van der Waals surface area contributed by atoms with Crippen molar-refractivity contribution in [3.05, 3.63) is 110 Å². The summed E-state index contributed by atoms with van der Waals surface area (Å²) < 4.78 is 1.62. The minimum Gasteiger partial charge on any atom is -0.328 e. The molecule has 1 amide bonds. The molecule has 1 heterocycles. The van der Waals surface area contributed by atoms with E-state index in [2.05, 4.69) is 13.8 Å². The molecule has 41 heavy (non-hydrogen) atoms. The Morgan fingerprint density at radius 2 is 1.73 bits per heavy atom. The Morgan fingerprint density at radius 1 is 1.00 bits per heavy atom. The van der Waals surface area contributed by atoms with E-state index in [0.717, 1.165) is 37.7 Å². The lowest BCUT2D eigenvalue weighted by Crippen LogP contribution is -2.39. The number of carbonyl (C=O) groups excluding carboxylic acids is 1. The number of nitrogens with zero attached hydrogens (tertiary/aromatic N) is 4. The van der Waals surface area contributed by atoms with E-state index in [4.69, 9.17) is 4.98 Å². The summed E-state index contributed by atoms with van der Waals surface area (Å²) in [6.45, 7) is 8.28. The minimum absolute atomic E-state index is 0.0911. The van der Waals surface area contributed by atoms with Gasteiger partial charge in [0.15, 0.2) is 0 Å². The van der Waals surface area contributed by atoms with Gasteiger partial charge in [0.1, 0.15) is 5.82 Å². The Labute approximate surface area is 240 Å². The Bertz CT molecular complexity index is 1590. The highest BCUT2D eigenvalue weighted by Gasteiger charge is 2.30. The topological polar surface area (TPSA) is 98.3 Å². The number of hydrogen-bond acceptors (Lipinski definition) is 5. The number of carbonyl (C=O) groups is 1. The van der Waals surface area contributed by atoms with Crippen LogP contribution in [0.3, 0.4) is 0 Å². The first-order chi connectivity index (χ1) is 19.8. The molecule has 4 rings (SSSR count). The van der Waals surface area contributed by atoms with Crippen molar-refractivity contribution in [3.63, 3.8) is 0 Å². The van der Waals surface area contributed by atoms with E-state index >= 15 is 0 Å². The SMILES string of the molecule is CCCCCCN(C(=O)c1ccc(C)c([N+](=O)[O-])c1)C(CC)c1nc2ccccc2c(=O)n1-c1ccc(CC)cc1. The summed E-state index contributed by atoms with van der Waals surface area (Å²) >= 11 is 0. The van der Waals surface area contributed by atoms with Crippen LogP contribution in [0.15, 0.2) is 71.5 Å². The van der Waals surface area contributed by atoms with Crippen LogP contribution in [0.2, 0.25) is 0 Å². The highest BCUT2D eigenvalue weighted by Crippen LogP contribution is 2.29. The minimum atomic E-state index is -0.535. The maximum absolute atomic E-state index is 14.1. The van der Waals surface area contributed by atoms with Gasteiger partial charge in [-0.3, -0.25) is 24.3 Å². The van der Waals surface area contributed by atoms with Crippen molar-refractivity contribution in [2.75, 3.05) is 6.54 Å². The third-order valence-electron chi connectivity index (χ3n) is 7.63. The van der Waals surface area contributed by atoms with Gasteiger partial charge in [0.2, 0.25) is 0 Å². The van der Waals surface area contributed by atoms with Crippen LogP contribution in [-0.4, -0.2) is 31.8 Å². The van der Waals surface area contributed by atoms with E-state index in [1.54, 1.807) is 34.6 Å². The van der Waals surface area contributed by atoms with Gasteiger partial charge in [0, 0.05) is 23.7 Å². The summed E-state index contributed by atoms with van der Waals surface area (Å²) in [5, 5.41) is 12.2. The second-order valence-electron chi connectivity index (χ2n) is 10.4. The number of hydrogen-bond donors (Lipinski definition) is 0. The Morgan fingerprint density at radius 3 is 2.39 bits per heavy atom. The number of unbranched alkanes of at least 4 members (excludes halogenated alkanes) is 3. The third-order valence-corrected chi connectivity index (χ3v) is 7.63. The van der Waals surface area contributed by atoms with E-state index in [0.29, 0.717) is 40.9 Å². The van der Waals surface area contributed by atoms with Gasteiger partial charge in [-0.2, -0.15) is 0 Å². The van der Waals surface area contributed by atoms with Crippen molar-refractivity contribution in [1.82, 2.24) is 14.5 Å². The van der Waals surface area contributed by atoms with Crippen LogP contribution in [0.1, 0.15) is 86.2 Å². The summed E-state index contributed by atoms with van der Waals surface area (Å²) in [4.78, 5) is 46.1. The largest absolute Gasteiger partial charge is 0.328 e. The number of rotatable bonds is 12. The fourth-order valence-electron chi connectivity index (χ4n) is 5.26. The van der Waals surface area contributed by atoms with Crippen LogP contribution >= 0.6 is 0 Å². The summed E-state index contributed by atoms with van der Waals surface area (Å²) in [5.74, 6) is 0.164. The third kappa shape index (κ3) is 6.37. The van der Waals surface area contributed by atoms with Gasteiger partial charge in [0.25, 0.3) is 17.2 Å². The molecule has 1 aromatic heterocycles. The van der Waals surface area contributed by atoms with Crippen LogP contribution in [0.5, 0.6) is 0 Å². The van der Waals surface area contributed by atoms with Gasteiger partial charge in [0.05, 0.1) is 27.6 Å². The van der Waals surface area contributed by atoms with Gasteiger partial charge in [-0.05, 0) is 62.1 Å². The van der Waals surface area contributed by atoms with Crippen LogP contribution in [-0.2, 0) is 6.42 Å². The molecule has 0 aliphatic carbocycles. The maximum atomic E-state index is 14.1. The molecule has 0 spiro atoms. The molecule has 8 nitrogen and oxygen atoms in total. The lowest BCUT2D eigenvalue weighted by molar-refractivity contribution is -0.385. The molecule has 214 valence electrons. The lowest BCUT2D eigenvalue weighted by atomic mass is 10.0. The van der Waals surface area contributed by atoms with Gasteiger partial charge < -0.3 is 4.90 Å². The zero-order valence-corrected chi connectivity index (χ0v) is 24.3. The lowest BCUT2D eigenvalue weighted by Gasteiger charge is -2.32. The summed E-state index contributed by atoms with van der Waals surface area (Å²) in [6, 6.07) is 19.2. The van der Waals surface area contributed by atoms with Crippen LogP contribution < -0.4 is 5.56 Å². The van der Waals surface area contributed by atoms with E-state index in [1.165, 1.54) is 6.07 Å². The van der Waals surface area contributed by atoms with Crippen molar-refractivity contribution in [3.8, 4) is 5.69 Å². The molecule has 0 fully saturated rings. The van der Waals surface area contributed by atoms with Gasteiger partial charge in [-0.15, -0.1) is 0 Å². The first-order valence-corrected chi connectivity index (χ1v) is 14.5. The average molecular weight is 555 g/mol. The fraction of sp³-hybridized carbons (Fsp3) is 0.364. The zero-order valence-electron chi connectivity index (χ0n) is 24.3. The average Bonchev–Trinajstić information content (AvgIpc) is 2.98. The monoisotopic (exact) mass is 554 g/mol. The second kappa shape index (κ2) is 13.4. The molecule has 0 saturated carbocycles. The van der Waals surface area contributed by atoms with Crippen molar-refractivity contribution in [2.24, 2.45) is 0 Å². The Balaban J connectivity index is 1.90. The van der Waals surface area contributed by atoms with Crippen molar-refractivity contribution < 1.29 is 9.72 Å². The maximum Gasteiger partial charge on any atom is 0.273 e. The number of aromatic nitrogens is 2. The number of nitro groups is 1. The highest BCUT2D eigenvalue weighted by molar-refractivity contribution is 5.95. The second-order valence-corrected chi connectivity index (χ2v) is 10.4. The van der Waals surface area contributed by atoms with E-state index in [9.17, 15) is 19.7 Å². The molecular weight excluding hydrogens is 516 g/mol. The Hall–Kier alpha value is -4.33. The fourth-order valence-corrected chi connectivity index (χ4v) is 5.26. The highest BCUT2D eigenvalue weighted by atomic mass is 16.6. The predicted octanol–water partition coefficient (Wildman–Crippen LogP) is 7.34. The summed E-state index contributed by atoms with van der Waals surface area (Å²) in [6.07, 6.45) is 5.18. The van der Waals surface area contributed by atoms with Gasteiger partial charge >= 0.3 is 0 Å². The van der Waals surface area contributed by atoms with Crippen molar-refractivity contribution in [2.45, 2.75) is 72.3 Å². The first kappa shape index (κ1) is 29.6. The first-order valence-electron chi connectivity index (χ1n) is 14.5. The quantitative estimate of drug-likeness (QED) is 0.104. The van der Waals surface area contributed by atoms with Crippen LogP contribution in [0, 0.1) is 17.0 Å². The van der Waals surface area contributed by atoms with E-state index < -0.39 is 11.0 Å². The van der Waals surface area contributed by atoms with Gasteiger partial charge in [-0.1, -0.05) is 70.4 Å². The van der Waals surface area contributed by atoms with Crippen molar-refractivity contribution >= 4 is 22.5 Å². The molecular formula is C33H38N4O4. The summed E-state index contributed by atoms with van der Waals surface area (Å²) in [5.41, 5.74) is 2.86. The molecule has 0 saturated heterocycles. The molecule has 0 aliphatic heterocycles. The number of fused-ring (bicyclic) bond motifs is 1. The number of para-hydroxylation sites is 1. The number of nitro benzene ring substituents is 1. The molecule has 4 aromatic rings. The van der Waals surface area contributed by atoms with Crippen LogP contribution in [0.4, 0.5) is 5.69 Å². The van der Waals surface area contributed by atoms with Crippen molar-refractivity contribution in [1.29, 1.82) is 0 Å². The zero-order chi connectivity index (χ0) is 29.5. The molecule has 8 heteroatoms. The molecule has 1 unspecified atom stereocenters. The smallest absolute Gasteiger partial charge is 0.273 e. The molecule has 0 N–H and O–H groups in total. The van der Waals surface area contributed by atoms with E-state index in [1.807, 2.05) is 49.4 Å². The molecule has 1 atom stereocenters.